The Balaban J connectivity index is 1.63. The average molecular weight is 481 g/mol. The van der Waals surface area contributed by atoms with E-state index in [1.54, 1.807) is 4.90 Å². The smallest absolute Gasteiger partial charge is 0.227 e. The van der Waals surface area contributed by atoms with E-state index in [0.29, 0.717) is 30.8 Å². The first-order valence-electron chi connectivity index (χ1n) is 12.6. The number of allylic oxidation sites excluding steroid dienone is 1. The lowest BCUT2D eigenvalue weighted by atomic mass is 9.73. The van der Waals surface area contributed by atoms with E-state index in [4.69, 9.17) is 4.74 Å². The van der Waals surface area contributed by atoms with Gasteiger partial charge in [-0.3, -0.25) is 14.5 Å². The number of ether oxygens (including phenoxy) is 1. The highest BCUT2D eigenvalue weighted by molar-refractivity contribution is 6.06. The maximum absolute atomic E-state index is 13.7. The third kappa shape index (κ3) is 4.66. The van der Waals surface area contributed by atoms with Crippen LogP contribution >= 0.6 is 0 Å². The van der Waals surface area contributed by atoms with Crippen LogP contribution in [0, 0.1) is 5.41 Å². The molecule has 0 fully saturated rings. The summed E-state index contributed by atoms with van der Waals surface area (Å²) in [6, 6.07) is 25.1. The molecule has 5 heteroatoms. The van der Waals surface area contributed by atoms with Gasteiger partial charge in [0.2, 0.25) is 5.91 Å². The van der Waals surface area contributed by atoms with Gasteiger partial charge in [0.1, 0.15) is 12.4 Å². The molecule has 1 heterocycles. The van der Waals surface area contributed by atoms with Crippen molar-refractivity contribution in [2.24, 2.45) is 5.41 Å². The van der Waals surface area contributed by atoms with Crippen molar-refractivity contribution < 1.29 is 14.3 Å². The molecular formula is C31H32N2O3. The Morgan fingerprint density at radius 1 is 1.00 bits per heavy atom. The number of hydrogen-bond acceptors (Lipinski definition) is 4. The Bertz CT molecular complexity index is 1330. The molecule has 36 heavy (non-hydrogen) atoms. The Morgan fingerprint density at radius 3 is 2.53 bits per heavy atom. The highest BCUT2D eigenvalue weighted by atomic mass is 16.5. The van der Waals surface area contributed by atoms with E-state index in [9.17, 15) is 9.59 Å². The lowest BCUT2D eigenvalue weighted by molar-refractivity contribution is -0.119. The summed E-state index contributed by atoms with van der Waals surface area (Å²) in [5.74, 6) is 0.754. The van der Waals surface area contributed by atoms with Crippen molar-refractivity contribution in [1.82, 2.24) is 0 Å². The normalized spacial score (nSPS) is 18.6. The maximum atomic E-state index is 13.7. The molecule has 5 nitrogen and oxygen atoms in total. The zero-order chi connectivity index (χ0) is 25.3. The van der Waals surface area contributed by atoms with Crippen molar-refractivity contribution >= 4 is 23.1 Å². The van der Waals surface area contributed by atoms with Crippen molar-refractivity contribution in [3.8, 4) is 5.75 Å². The second-order valence-corrected chi connectivity index (χ2v) is 10.3. The second-order valence-electron chi connectivity index (χ2n) is 10.3. The number of benzene rings is 3. The number of carbonyl (C=O) groups excluding carboxylic acids is 2. The van der Waals surface area contributed by atoms with E-state index >= 15 is 0 Å². The van der Waals surface area contributed by atoms with E-state index in [1.807, 2.05) is 85.8 Å². The molecule has 0 unspecified atom stereocenters. The molecule has 0 spiro atoms. The summed E-state index contributed by atoms with van der Waals surface area (Å²) in [4.78, 5) is 29.0. The van der Waals surface area contributed by atoms with Crippen LogP contribution in [0.1, 0.15) is 57.2 Å². The molecule has 1 aliphatic carbocycles. The Labute approximate surface area is 212 Å². The van der Waals surface area contributed by atoms with Crippen LogP contribution in [0.2, 0.25) is 0 Å². The number of carbonyl (C=O) groups is 2. The maximum Gasteiger partial charge on any atom is 0.227 e. The zero-order valence-corrected chi connectivity index (χ0v) is 21.1. The van der Waals surface area contributed by atoms with Crippen LogP contribution in [-0.2, 0) is 16.2 Å². The fourth-order valence-electron chi connectivity index (χ4n) is 5.26. The SMILES string of the molecule is CCC(=O)N1c2ccccc2NC2=C(C(=O)CC(C)(C)C2)[C@H]1c1cccc(OCc2ccccc2)c1. The van der Waals surface area contributed by atoms with E-state index < -0.39 is 6.04 Å². The van der Waals surface area contributed by atoms with Gasteiger partial charge in [-0.15, -0.1) is 0 Å². The van der Waals surface area contributed by atoms with E-state index in [0.717, 1.165) is 34.6 Å². The van der Waals surface area contributed by atoms with Crippen LogP contribution < -0.4 is 15.0 Å². The minimum Gasteiger partial charge on any atom is -0.489 e. The predicted octanol–water partition coefficient (Wildman–Crippen LogP) is 6.82. The van der Waals surface area contributed by atoms with Crippen LogP contribution in [0.25, 0.3) is 0 Å². The van der Waals surface area contributed by atoms with Crippen LogP contribution in [-0.4, -0.2) is 11.7 Å². The standard InChI is InChI=1S/C31H32N2O3/c1-4-28(35)33-26-16-9-8-15-24(26)32-25-18-31(2,3)19-27(34)29(25)30(33)22-13-10-14-23(17-22)36-20-21-11-6-5-7-12-21/h5-17,30,32H,4,18-20H2,1-3H3/t30-/m1/s1. The van der Waals surface area contributed by atoms with Gasteiger partial charge in [-0.2, -0.15) is 0 Å². The first-order valence-corrected chi connectivity index (χ1v) is 12.6. The molecule has 0 saturated heterocycles. The summed E-state index contributed by atoms with van der Waals surface area (Å²) in [6.07, 6.45) is 1.51. The molecule has 2 aliphatic rings. The minimum absolute atomic E-state index is 0.0313. The summed E-state index contributed by atoms with van der Waals surface area (Å²) in [5, 5.41) is 3.55. The van der Waals surface area contributed by atoms with Crippen molar-refractivity contribution in [3.05, 3.63) is 101 Å². The molecule has 1 amide bonds. The highest BCUT2D eigenvalue weighted by Gasteiger charge is 2.43. The number of nitrogens with one attached hydrogen (secondary N) is 1. The summed E-state index contributed by atoms with van der Waals surface area (Å²) in [7, 11) is 0. The lowest BCUT2D eigenvalue weighted by Crippen LogP contribution is -2.39. The van der Waals surface area contributed by atoms with Crippen LogP contribution in [0.3, 0.4) is 0 Å². The molecule has 1 aliphatic heterocycles. The molecule has 3 aromatic rings. The quantitative estimate of drug-likeness (QED) is 0.435. The van der Waals surface area contributed by atoms with Gasteiger partial charge in [0, 0.05) is 24.1 Å². The lowest BCUT2D eigenvalue weighted by Gasteiger charge is -2.37. The third-order valence-corrected chi connectivity index (χ3v) is 6.89. The number of Topliss-reactive ketones (excluding diaryl/α,β-unsaturated/α-hetero) is 1. The molecule has 1 N–H and O–H groups in total. The largest absolute Gasteiger partial charge is 0.489 e. The first kappa shape index (κ1) is 23.9. The number of para-hydroxylation sites is 2. The Kier molecular flexibility index (Phi) is 6.40. The van der Waals surface area contributed by atoms with Gasteiger partial charge < -0.3 is 10.1 Å². The van der Waals surface area contributed by atoms with Gasteiger partial charge in [-0.1, -0.05) is 75.4 Å². The summed E-state index contributed by atoms with van der Waals surface area (Å²) < 4.78 is 6.12. The molecule has 0 bridgehead atoms. The molecular weight excluding hydrogens is 448 g/mol. The zero-order valence-electron chi connectivity index (χ0n) is 21.1. The summed E-state index contributed by atoms with van der Waals surface area (Å²) in [5.41, 5.74) is 4.98. The van der Waals surface area contributed by atoms with Crippen molar-refractivity contribution in [2.75, 3.05) is 10.2 Å². The molecule has 1 atom stereocenters. The monoisotopic (exact) mass is 480 g/mol. The second kappa shape index (κ2) is 9.65. The third-order valence-electron chi connectivity index (χ3n) is 6.89. The van der Waals surface area contributed by atoms with Crippen molar-refractivity contribution in [2.45, 2.75) is 52.7 Å². The minimum atomic E-state index is -0.535. The number of anilines is 2. The molecule has 0 aromatic heterocycles. The molecule has 0 radical (unpaired) electrons. The highest BCUT2D eigenvalue weighted by Crippen LogP contribution is 2.48. The van der Waals surface area contributed by atoms with Gasteiger partial charge in [0.05, 0.1) is 17.4 Å². The number of hydrogen-bond donors (Lipinski definition) is 1. The summed E-state index contributed by atoms with van der Waals surface area (Å²) in [6.45, 7) is 6.54. The molecule has 3 aromatic carbocycles. The molecule has 0 saturated carbocycles. The number of ketones is 1. The topological polar surface area (TPSA) is 58.6 Å². The van der Waals surface area contributed by atoms with Crippen LogP contribution in [0.5, 0.6) is 5.75 Å². The number of nitrogens with zero attached hydrogens (tertiary/aromatic N) is 1. The van der Waals surface area contributed by atoms with Gasteiger partial charge >= 0.3 is 0 Å². The fourth-order valence-corrected chi connectivity index (χ4v) is 5.26. The van der Waals surface area contributed by atoms with Crippen molar-refractivity contribution in [3.63, 3.8) is 0 Å². The average Bonchev–Trinajstić information content (AvgIpc) is 3.01. The first-order chi connectivity index (χ1) is 17.4. The van der Waals surface area contributed by atoms with E-state index in [-0.39, 0.29) is 17.1 Å². The van der Waals surface area contributed by atoms with Crippen LogP contribution in [0.4, 0.5) is 11.4 Å². The molecule has 184 valence electrons. The van der Waals surface area contributed by atoms with Gasteiger partial charge in [0.15, 0.2) is 5.78 Å². The summed E-state index contributed by atoms with van der Waals surface area (Å²) >= 11 is 0. The van der Waals surface area contributed by atoms with Gasteiger partial charge in [-0.05, 0) is 47.2 Å². The van der Waals surface area contributed by atoms with Gasteiger partial charge in [0.25, 0.3) is 0 Å². The predicted molar refractivity (Wildman–Crippen MR) is 143 cm³/mol. The number of rotatable bonds is 5. The molecule has 5 rings (SSSR count). The number of amides is 1. The van der Waals surface area contributed by atoms with E-state index in [1.165, 1.54) is 0 Å². The Hall–Kier alpha value is -3.86. The van der Waals surface area contributed by atoms with Crippen LogP contribution in [0.15, 0.2) is 90.1 Å². The number of fused-ring (bicyclic) bond motifs is 1. The van der Waals surface area contributed by atoms with Crippen molar-refractivity contribution in [1.29, 1.82) is 0 Å². The van der Waals surface area contributed by atoms with E-state index in [2.05, 4.69) is 19.2 Å². The fraction of sp³-hybridized carbons (Fsp3) is 0.290. The Morgan fingerprint density at radius 2 is 1.75 bits per heavy atom. The van der Waals surface area contributed by atoms with Gasteiger partial charge in [-0.25, -0.2) is 0 Å².